The normalized spacial score (nSPS) is 20.2. The molecule has 1 heterocycles. The molecule has 0 aliphatic carbocycles. The average Bonchev–Trinajstić information content (AvgIpc) is 3.84. The van der Waals surface area contributed by atoms with Crippen LogP contribution in [0, 0.1) is 0 Å². The molecule has 1 aromatic heterocycles. The van der Waals surface area contributed by atoms with Crippen LogP contribution in [0.2, 0.25) is 0 Å². The van der Waals surface area contributed by atoms with Crippen LogP contribution in [0.5, 0.6) is 0 Å². The minimum absolute atomic E-state index is 0.452. The van der Waals surface area contributed by atoms with Gasteiger partial charge in [0.25, 0.3) is 0 Å². The van der Waals surface area contributed by atoms with Crippen molar-refractivity contribution in [2.75, 3.05) is 0 Å². The van der Waals surface area contributed by atoms with Crippen molar-refractivity contribution in [3.63, 3.8) is 0 Å². The lowest BCUT2D eigenvalue weighted by atomic mass is 9.83. The van der Waals surface area contributed by atoms with Crippen molar-refractivity contribution < 1.29 is 42.8 Å². The van der Waals surface area contributed by atoms with Crippen molar-refractivity contribution in [1.29, 1.82) is 0 Å². The van der Waals surface area contributed by atoms with Crippen molar-refractivity contribution in [1.82, 2.24) is 0 Å². The molecule has 0 aliphatic heterocycles. The number of hydrogen-bond acceptors (Lipinski definition) is 1. The van der Waals surface area contributed by atoms with Gasteiger partial charge in [0.1, 0.15) is 11.2 Å². The predicted octanol–water partition coefficient (Wildman–Crippen LogP) is 13.2. The second-order valence-electron chi connectivity index (χ2n) is 10.3. The SMILES string of the molecule is [2H]c1c([2H])c([2H])c2c(oc3c([2H])c([2H])c(-c4c([2H])c([2H])c5c(-c6c([2H])c([2H])c([2H])c7c([2H])c([2H])c([2H])c([2H])c67)c6c([2H])c([2H])c([2H])c([2H])c6c(-c6c([2H])c([2H])c([2H])c7c([2H])c([2H])c([2H])c([2H])c67)c5c4[2H])c([2H])c32)c1[2H]. The van der Waals surface area contributed by atoms with E-state index in [9.17, 15) is 13.7 Å². The maximum absolute atomic E-state index is 10.3. The third-order valence-corrected chi connectivity index (χ3v) is 7.76. The van der Waals surface area contributed by atoms with Gasteiger partial charge in [0.2, 0.25) is 0 Å². The van der Waals surface area contributed by atoms with Crippen LogP contribution in [0.15, 0.2) is 174 Å². The zero-order chi connectivity index (χ0) is 55.3. The third kappa shape index (κ3) is 3.97. The highest BCUT2D eigenvalue weighted by Gasteiger charge is 2.20. The van der Waals surface area contributed by atoms with Crippen LogP contribution in [-0.4, -0.2) is 0 Å². The van der Waals surface area contributed by atoms with Gasteiger partial charge >= 0.3 is 0 Å². The van der Waals surface area contributed by atoms with Gasteiger partial charge in [-0.2, -0.15) is 0 Å². The highest BCUT2D eigenvalue weighted by molar-refractivity contribution is 6.25. The molecule has 0 bridgehead atoms. The van der Waals surface area contributed by atoms with Crippen molar-refractivity contribution in [3.05, 3.63) is 169 Å². The largest absolute Gasteiger partial charge is 0.456 e. The molecule has 1 heteroatoms. The highest BCUT2D eigenvalue weighted by atomic mass is 16.3. The standard InChI is InChI=1S/C46H28O/c1-3-15-33-29(11-1)13-9-20-36(33)45-38-18-5-6-19-39(38)46(37-21-10-14-30-12-2-4-16-34(30)37)42-28-31(23-25-40(42)45)32-24-26-44-41(27-32)35-17-7-8-22-43(35)47-44/h1-28H/i1D,2D,3D,4D,5D,6D,7D,8D,9D,10D,11D,12D,13D,14D,15D,16D,17D,18D,19D,20D,21D,22D,23D,24D,25D,26D,27D,28D. The Hall–Kier alpha value is -6.18. The molecule has 0 saturated carbocycles. The van der Waals surface area contributed by atoms with Crippen LogP contribution >= 0.6 is 0 Å². The molecule has 10 aromatic rings. The predicted molar refractivity (Wildman–Crippen MR) is 200 cm³/mol. The Balaban J connectivity index is 1.62. The van der Waals surface area contributed by atoms with E-state index in [1.54, 1.807) is 0 Å². The molecule has 1 nitrogen and oxygen atoms in total. The van der Waals surface area contributed by atoms with E-state index in [0.717, 1.165) is 0 Å². The minimum Gasteiger partial charge on any atom is -0.456 e. The van der Waals surface area contributed by atoms with E-state index in [1.165, 1.54) is 0 Å². The van der Waals surface area contributed by atoms with Crippen molar-refractivity contribution in [2.24, 2.45) is 0 Å². The monoisotopic (exact) mass is 624 g/mol. The molecule has 9 aromatic carbocycles. The molecule has 0 unspecified atom stereocenters. The van der Waals surface area contributed by atoms with E-state index >= 15 is 0 Å². The van der Waals surface area contributed by atoms with Crippen LogP contribution in [0.3, 0.4) is 0 Å². The number of furan rings is 1. The molecule has 47 heavy (non-hydrogen) atoms. The summed E-state index contributed by atoms with van der Waals surface area (Å²) < 4.78 is 260. The van der Waals surface area contributed by atoms with Gasteiger partial charge in [-0.1, -0.05) is 145 Å². The van der Waals surface area contributed by atoms with Crippen molar-refractivity contribution in [2.45, 2.75) is 0 Å². The van der Waals surface area contributed by atoms with Crippen LogP contribution in [0.1, 0.15) is 38.4 Å². The molecule has 0 spiro atoms. The van der Waals surface area contributed by atoms with Gasteiger partial charge in [0, 0.05) is 10.8 Å². The van der Waals surface area contributed by atoms with Crippen molar-refractivity contribution in [3.8, 4) is 33.4 Å². The summed E-state index contributed by atoms with van der Waals surface area (Å²) in [5, 5.41) is -7.02. The van der Waals surface area contributed by atoms with Crippen LogP contribution in [0.25, 0.3) is 98.4 Å². The summed E-state index contributed by atoms with van der Waals surface area (Å²) in [5.41, 5.74) is -6.05. The van der Waals surface area contributed by atoms with Gasteiger partial charge in [-0.25, -0.2) is 0 Å². The Bertz CT molecular complexity index is 4430. The van der Waals surface area contributed by atoms with Gasteiger partial charge in [0.15, 0.2) is 0 Å². The van der Waals surface area contributed by atoms with E-state index < -0.39 is 268 Å². The van der Waals surface area contributed by atoms with Crippen LogP contribution in [0.4, 0.5) is 0 Å². The number of para-hydroxylation sites is 1. The van der Waals surface area contributed by atoms with Gasteiger partial charge in [0.05, 0.1) is 38.4 Å². The first-order chi connectivity index (χ1) is 35.0. The molecule has 218 valence electrons. The Morgan fingerprint density at radius 2 is 0.766 bits per heavy atom. The topological polar surface area (TPSA) is 13.1 Å². The molecule has 0 amide bonds. The summed E-state index contributed by atoms with van der Waals surface area (Å²) >= 11 is 0. The second kappa shape index (κ2) is 10.2. The van der Waals surface area contributed by atoms with Gasteiger partial charge in [-0.15, -0.1) is 0 Å². The zero-order valence-electron chi connectivity index (χ0n) is 51.4. The second-order valence-corrected chi connectivity index (χ2v) is 10.3. The fourth-order valence-electron chi connectivity index (χ4n) is 5.77. The third-order valence-electron chi connectivity index (χ3n) is 7.76. The van der Waals surface area contributed by atoms with E-state index in [2.05, 4.69) is 0 Å². The van der Waals surface area contributed by atoms with Gasteiger partial charge < -0.3 is 4.42 Å². The smallest absolute Gasteiger partial charge is 0.135 e. The minimum atomic E-state index is -1.12. The van der Waals surface area contributed by atoms with E-state index in [-0.39, 0.29) is 0 Å². The molecule has 0 fully saturated rings. The fourth-order valence-corrected chi connectivity index (χ4v) is 5.77. The van der Waals surface area contributed by atoms with E-state index in [1.807, 2.05) is 0 Å². The number of benzene rings is 9. The van der Waals surface area contributed by atoms with Gasteiger partial charge in [-0.3, -0.25) is 0 Å². The Morgan fingerprint density at radius 1 is 0.319 bits per heavy atom. The summed E-state index contributed by atoms with van der Waals surface area (Å²) in [4.78, 5) is 0. The summed E-state index contributed by atoms with van der Waals surface area (Å²) in [6.45, 7) is 0. The van der Waals surface area contributed by atoms with Crippen LogP contribution < -0.4 is 0 Å². The fraction of sp³-hybridized carbons (Fsp3) is 0. The molecular weight excluding hydrogens is 569 g/mol. The first-order valence-corrected chi connectivity index (χ1v) is 13.9. The first-order valence-electron chi connectivity index (χ1n) is 27.9. The first kappa shape index (κ1) is 10.7. The quantitative estimate of drug-likeness (QED) is 0.178. The number of rotatable bonds is 3. The lowest BCUT2D eigenvalue weighted by molar-refractivity contribution is 0.669. The van der Waals surface area contributed by atoms with Crippen LogP contribution in [-0.2, 0) is 0 Å². The van der Waals surface area contributed by atoms with E-state index in [4.69, 9.17) is 29.1 Å². The van der Waals surface area contributed by atoms with E-state index in [0.29, 0.717) is 0 Å². The zero-order valence-corrected chi connectivity index (χ0v) is 23.4. The summed E-state index contributed by atoms with van der Waals surface area (Å²) in [6.07, 6.45) is 0. The Labute approximate surface area is 311 Å². The number of hydrogen-bond donors (Lipinski definition) is 0. The molecule has 0 radical (unpaired) electrons. The van der Waals surface area contributed by atoms with Gasteiger partial charge in [-0.05, 0) is 101 Å². The summed E-state index contributed by atoms with van der Waals surface area (Å²) in [6, 6.07) is -26.6. The molecule has 10 rings (SSSR count). The molecular formula is C46H28O. The highest BCUT2D eigenvalue weighted by Crippen LogP contribution is 2.47. The Morgan fingerprint density at radius 3 is 1.43 bits per heavy atom. The maximum atomic E-state index is 10.3. The molecule has 0 atom stereocenters. The van der Waals surface area contributed by atoms with Crippen molar-refractivity contribution >= 4 is 65.0 Å². The molecule has 0 N–H and O–H groups in total. The average molecular weight is 625 g/mol. The molecule has 0 aliphatic rings. The number of fused-ring (bicyclic) bond motifs is 7. The lowest BCUT2D eigenvalue weighted by Crippen LogP contribution is -1.93. The maximum Gasteiger partial charge on any atom is 0.135 e. The lowest BCUT2D eigenvalue weighted by Gasteiger charge is -2.20. The Kier molecular flexibility index (Phi) is 2.31. The molecule has 0 saturated heterocycles. The summed E-state index contributed by atoms with van der Waals surface area (Å²) in [5.74, 6) is 0. The summed E-state index contributed by atoms with van der Waals surface area (Å²) in [7, 11) is 0.